The van der Waals surface area contributed by atoms with Crippen molar-refractivity contribution >= 4 is 37.3 Å². The molecule has 0 N–H and O–H groups in total. The molecule has 0 aromatic heterocycles. The molecule has 0 unspecified atom stereocenters. The Labute approximate surface area is 132 Å². The number of hydrogen-bond acceptors (Lipinski definition) is 4. The predicted octanol–water partition coefficient (Wildman–Crippen LogP) is 4.00. The van der Waals surface area contributed by atoms with Gasteiger partial charge >= 0.3 is 5.97 Å². The Morgan fingerprint density at radius 2 is 2.00 bits per heavy atom. The maximum atomic E-state index is 13.7. The number of ether oxygens (including phenoxy) is 1. The summed E-state index contributed by atoms with van der Waals surface area (Å²) >= 11 is 5.60. The highest BCUT2D eigenvalue weighted by Gasteiger charge is 2.22. The number of rotatable bonds is 6. The maximum absolute atomic E-state index is 13.7. The minimum Gasteiger partial charge on any atom is -0.462 e. The molecule has 0 atom stereocenters. The van der Waals surface area contributed by atoms with Crippen molar-refractivity contribution in [2.45, 2.75) is 31.6 Å². The van der Waals surface area contributed by atoms with Gasteiger partial charge in [0.15, 0.2) is 0 Å². The van der Waals surface area contributed by atoms with Crippen LogP contribution < -0.4 is 0 Å². The number of esters is 1. The first-order valence-electron chi connectivity index (χ1n) is 6.23. The molecule has 0 aliphatic heterocycles. The van der Waals surface area contributed by atoms with Crippen LogP contribution in [0.1, 0.15) is 37.0 Å². The molecule has 8 heteroatoms. The van der Waals surface area contributed by atoms with E-state index in [1.54, 1.807) is 0 Å². The minimum atomic E-state index is -4.18. The second-order valence-corrected chi connectivity index (χ2v) is 7.81. The summed E-state index contributed by atoms with van der Waals surface area (Å²) in [6, 6.07) is 1.51. The van der Waals surface area contributed by atoms with E-state index in [1.165, 1.54) is 0 Å². The van der Waals surface area contributed by atoms with Gasteiger partial charge in [-0.15, -0.1) is 0 Å². The molecule has 1 aromatic carbocycles. The summed E-state index contributed by atoms with van der Waals surface area (Å²) in [5.74, 6) is -1.45. The van der Waals surface area contributed by atoms with Crippen LogP contribution in [0.5, 0.6) is 0 Å². The topological polar surface area (TPSA) is 60.4 Å². The highest BCUT2D eigenvalue weighted by molar-refractivity contribution is 8.13. The van der Waals surface area contributed by atoms with Crippen molar-refractivity contribution in [3.63, 3.8) is 0 Å². The third kappa shape index (κ3) is 5.45. The van der Waals surface area contributed by atoms with Gasteiger partial charge in [-0.25, -0.2) is 17.6 Å². The SMILES string of the molecule is CC(C)CCCOC(=O)c1cc(S(=O)(=O)Cl)c(Cl)cc1F. The van der Waals surface area contributed by atoms with Gasteiger partial charge in [-0.3, -0.25) is 0 Å². The van der Waals surface area contributed by atoms with E-state index in [0.29, 0.717) is 12.3 Å². The average molecular weight is 357 g/mol. The molecule has 0 saturated heterocycles. The quantitative estimate of drug-likeness (QED) is 0.439. The van der Waals surface area contributed by atoms with E-state index in [-0.39, 0.29) is 11.6 Å². The molecular weight excluding hydrogens is 342 g/mol. The van der Waals surface area contributed by atoms with Crippen LogP contribution in [0.3, 0.4) is 0 Å². The van der Waals surface area contributed by atoms with Gasteiger partial charge in [-0.05, 0) is 30.9 Å². The third-order valence-corrected chi connectivity index (χ3v) is 4.45. The summed E-state index contributed by atoms with van der Waals surface area (Å²) in [6.07, 6.45) is 1.50. The monoisotopic (exact) mass is 356 g/mol. The van der Waals surface area contributed by atoms with E-state index >= 15 is 0 Å². The van der Waals surface area contributed by atoms with E-state index in [1.807, 2.05) is 13.8 Å². The van der Waals surface area contributed by atoms with E-state index in [4.69, 9.17) is 27.0 Å². The second-order valence-electron chi connectivity index (χ2n) is 4.87. The number of carbonyl (C=O) groups excluding carboxylic acids is 1. The van der Waals surface area contributed by atoms with Gasteiger partial charge in [0.2, 0.25) is 0 Å². The molecule has 0 bridgehead atoms. The van der Waals surface area contributed by atoms with Crippen LogP contribution >= 0.6 is 22.3 Å². The molecule has 0 fully saturated rings. The van der Waals surface area contributed by atoms with Crippen LogP contribution in [-0.2, 0) is 13.8 Å². The molecule has 4 nitrogen and oxygen atoms in total. The zero-order valence-corrected chi connectivity index (χ0v) is 13.9. The summed E-state index contributed by atoms with van der Waals surface area (Å²) < 4.78 is 41.2. The standard InChI is InChI=1S/C13H15Cl2FO4S/c1-8(2)4-3-5-20-13(17)9-6-12(21(15,18)19)10(14)7-11(9)16/h6-8H,3-5H2,1-2H3. The first kappa shape index (κ1) is 18.2. The third-order valence-electron chi connectivity index (χ3n) is 2.66. The minimum absolute atomic E-state index is 0.127. The molecule has 0 aliphatic rings. The van der Waals surface area contributed by atoms with Crippen LogP contribution in [0.15, 0.2) is 17.0 Å². The Bertz CT molecular complexity index is 629. The van der Waals surface area contributed by atoms with E-state index in [2.05, 4.69) is 0 Å². The molecule has 0 spiro atoms. The molecule has 0 heterocycles. The molecular formula is C13H15Cl2FO4S. The van der Waals surface area contributed by atoms with Gasteiger partial charge in [-0.1, -0.05) is 25.4 Å². The fourth-order valence-corrected chi connectivity index (χ4v) is 3.11. The lowest BCUT2D eigenvalue weighted by molar-refractivity contribution is 0.0489. The van der Waals surface area contributed by atoms with Gasteiger partial charge < -0.3 is 4.74 Å². The molecule has 0 saturated carbocycles. The van der Waals surface area contributed by atoms with Gasteiger partial charge in [-0.2, -0.15) is 0 Å². The predicted molar refractivity (Wildman–Crippen MR) is 78.8 cm³/mol. The van der Waals surface area contributed by atoms with Crippen LogP contribution in [-0.4, -0.2) is 21.0 Å². The van der Waals surface area contributed by atoms with Crippen LogP contribution in [0, 0.1) is 11.7 Å². The number of benzene rings is 1. The van der Waals surface area contributed by atoms with Crippen molar-refractivity contribution in [1.82, 2.24) is 0 Å². The highest BCUT2D eigenvalue weighted by Crippen LogP contribution is 2.28. The van der Waals surface area contributed by atoms with Crippen molar-refractivity contribution in [2.75, 3.05) is 6.61 Å². The lowest BCUT2D eigenvalue weighted by atomic mass is 10.1. The molecule has 0 amide bonds. The summed E-state index contributed by atoms with van der Waals surface area (Å²) in [6.45, 7) is 4.18. The van der Waals surface area contributed by atoms with E-state index in [9.17, 15) is 17.6 Å². The van der Waals surface area contributed by atoms with Gasteiger partial charge in [0, 0.05) is 10.7 Å². The molecule has 118 valence electrons. The first-order valence-corrected chi connectivity index (χ1v) is 8.92. The van der Waals surface area contributed by atoms with E-state index in [0.717, 1.165) is 18.6 Å². The average Bonchev–Trinajstić information content (AvgIpc) is 2.32. The highest BCUT2D eigenvalue weighted by atomic mass is 35.7. The Balaban J connectivity index is 2.90. The molecule has 0 aliphatic carbocycles. The Hall–Kier alpha value is -0.850. The smallest absolute Gasteiger partial charge is 0.341 e. The molecule has 1 rings (SSSR count). The Morgan fingerprint density at radius 3 is 2.52 bits per heavy atom. The summed E-state index contributed by atoms with van der Waals surface area (Å²) in [5, 5.41) is -0.390. The summed E-state index contributed by atoms with van der Waals surface area (Å²) in [5.41, 5.74) is -0.511. The van der Waals surface area contributed by atoms with Gasteiger partial charge in [0.25, 0.3) is 9.05 Å². The van der Waals surface area contributed by atoms with Crippen molar-refractivity contribution < 1.29 is 22.3 Å². The number of carbonyl (C=O) groups is 1. The van der Waals surface area contributed by atoms with Crippen LogP contribution in [0.2, 0.25) is 5.02 Å². The zero-order chi connectivity index (χ0) is 16.2. The molecule has 21 heavy (non-hydrogen) atoms. The van der Waals surface area contributed by atoms with Crippen molar-refractivity contribution in [2.24, 2.45) is 5.92 Å². The Morgan fingerprint density at radius 1 is 1.38 bits per heavy atom. The summed E-state index contributed by atoms with van der Waals surface area (Å²) in [4.78, 5) is 11.2. The Kier molecular flexibility index (Phi) is 6.43. The second kappa shape index (κ2) is 7.42. The maximum Gasteiger partial charge on any atom is 0.341 e. The lowest BCUT2D eigenvalue weighted by Gasteiger charge is -2.09. The fraction of sp³-hybridized carbons (Fsp3) is 0.462. The van der Waals surface area contributed by atoms with Crippen LogP contribution in [0.25, 0.3) is 0 Å². The van der Waals surface area contributed by atoms with E-state index < -0.39 is 31.3 Å². The number of halogens is 3. The van der Waals surface area contributed by atoms with Crippen molar-refractivity contribution in [3.05, 3.63) is 28.5 Å². The van der Waals surface area contributed by atoms with Crippen molar-refractivity contribution in [1.29, 1.82) is 0 Å². The van der Waals surface area contributed by atoms with Crippen LogP contribution in [0.4, 0.5) is 4.39 Å². The molecule has 0 radical (unpaired) electrons. The van der Waals surface area contributed by atoms with Gasteiger partial charge in [0.05, 0.1) is 17.2 Å². The zero-order valence-electron chi connectivity index (χ0n) is 11.5. The fourth-order valence-electron chi connectivity index (χ4n) is 1.61. The molecule has 1 aromatic rings. The normalized spacial score (nSPS) is 11.7. The number of hydrogen-bond donors (Lipinski definition) is 0. The first-order chi connectivity index (χ1) is 9.62. The van der Waals surface area contributed by atoms with Gasteiger partial charge in [0.1, 0.15) is 10.7 Å². The summed E-state index contributed by atoms with van der Waals surface area (Å²) in [7, 11) is 0.991. The lowest BCUT2D eigenvalue weighted by Crippen LogP contribution is -2.10. The van der Waals surface area contributed by atoms with Crippen molar-refractivity contribution in [3.8, 4) is 0 Å². The largest absolute Gasteiger partial charge is 0.462 e.